The normalized spacial score (nSPS) is 21.4. The molecular weight excluding hydrogens is 284 g/mol. The van der Waals surface area contributed by atoms with Gasteiger partial charge < -0.3 is 4.90 Å². The van der Waals surface area contributed by atoms with Crippen LogP contribution in [0.2, 0.25) is 5.15 Å². The maximum absolute atomic E-state index is 6.16. The van der Waals surface area contributed by atoms with E-state index in [0.717, 1.165) is 43.9 Å². The van der Waals surface area contributed by atoms with Gasteiger partial charge in [-0.15, -0.1) is 0 Å². The molecular formula is C16H25ClN4. The van der Waals surface area contributed by atoms with Crippen molar-refractivity contribution in [3.8, 4) is 0 Å². The lowest BCUT2D eigenvalue weighted by atomic mass is 10.2. The van der Waals surface area contributed by atoms with E-state index in [2.05, 4.69) is 28.6 Å². The van der Waals surface area contributed by atoms with Gasteiger partial charge in [-0.05, 0) is 12.8 Å². The third-order valence-electron chi connectivity index (χ3n) is 4.69. The fraction of sp³-hybridized carbons (Fsp3) is 0.750. The van der Waals surface area contributed by atoms with Crippen LogP contribution in [0.1, 0.15) is 51.3 Å². The van der Waals surface area contributed by atoms with Crippen molar-refractivity contribution in [3.05, 3.63) is 17.0 Å². The van der Waals surface area contributed by atoms with E-state index in [1.54, 1.807) is 0 Å². The van der Waals surface area contributed by atoms with Crippen molar-refractivity contribution in [2.75, 3.05) is 31.1 Å². The lowest BCUT2D eigenvalue weighted by Crippen LogP contribution is -2.50. The summed E-state index contributed by atoms with van der Waals surface area (Å²) in [5, 5.41) is 0.557. The molecule has 0 spiro atoms. The number of aromatic nitrogens is 2. The lowest BCUT2D eigenvalue weighted by molar-refractivity contribution is 0.187. The fourth-order valence-corrected chi connectivity index (χ4v) is 3.61. The van der Waals surface area contributed by atoms with E-state index in [0.29, 0.717) is 11.1 Å². The summed E-state index contributed by atoms with van der Waals surface area (Å²) in [4.78, 5) is 14.0. The number of hydrogen-bond donors (Lipinski definition) is 0. The van der Waals surface area contributed by atoms with Crippen LogP contribution in [0.15, 0.2) is 6.07 Å². The smallest absolute Gasteiger partial charge is 0.135 e. The van der Waals surface area contributed by atoms with Crippen LogP contribution in [0, 0.1) is 0 Å². The molecule has 0 radical (unpaired) electrons. The molecule has 1 aliphatic heterocycles. The van der Waals surface area contributed by atoms with Gasteiger partial charge in [0.05, 0.1) is 0 Å². The molecule has 1 aromatic heterocycles. The van der Waals surface area contributed by atoms with Gasteiger partial charge in [-0.25, -0.2) is 9.97 Å². The fourth-order valence-electron chi connectivity index (χ4n) is 3.43. The highest BCUT2D eigenvalue weighted by atomic mass is 35.5. The Hall–Kier alpha value is -0.870. The van der Waals surface area contributed by atoms with E-state index >= 15 is 0 Å². The Morgan fingerprint density at radius 2 is 1.76 bits per heavy atom. The molecule has 2 aliphatic rings. The molecule has 0 bridgehead atoms. The summed E-state index contributed by atoms with van der Waals surface area (Å²) >= 11 is 6.16. The average Bonchev–Trinajstić information content (AvgIpc) is 3.01. The Morgan fingerprint density at radius 3 is 2.38 bits per heavy atom. The number of anilines is 1. The van der Waals surface area contributed by atoms with Crippen molar-refractivity contribution in [1.82, 2.24) is 14.9 Å². The Bertz CT molecular complexity index is 477. The highest BCUT2D eigenvalue weighted by molar-refractivity contribution is 6.29. The largest absolute Gasteiger partial charge is 0.354 e. The van der Waals surface area contributed by atoms with E-state index in [9.17, 15) is 0 Å². The van der Waals surface area contributed by atoms with Gasteiger partial charge in [0.2, 0.25) is 0 Å². The topological polar surface area (TPSA) is 32.3 Å². The predicted octanol–water partition coefficient (Wildman–Crippen LogP) is 3.32. The van der Waals surface area contributed by atoms with Crippen LogP contribution in [0.4, 0.5) is 5.82 Å². The summed E-state index contributed by atoms with van der Waals surface area (Å²) in [6, 6.07) is 2.73. The molecule has 1 aromatic rings. The zero-order valence-corrected chi connectivity index (χ0v) is 13.8. The van der Waals surface area contributed by atoms with Gasteiger partial charge in [-0.3, -0.25) is 4.90 Å². The molecule has 4 nitrogen and oxygen atoms in total. The van der Waals surface area contributed by atoms with Crippen molar-refractivity contribution in [2.45, 2.75) is 51.5 Å². The number of halogens is 1. The van der Waals surface area contributed by atoms with Crippen molar-refractivity contribution >= 4 is 17.4 Å². The molecule has 116 valence electrons. The Labute approximate surface area is 132 Å². The zero-order chi connectivity index (χ0) is 14.8. The quantitative estimate of drug-likeness (QED) is 0.802. The van der Waals surface area contributed by atoms with Gasteiger partial charge in [0.25, 0.3) is 0 Å². The molecule has 0 N–H and O–H groups in total. The van der Waals surface area contributed by atoms with E-state index in [1.807, 2.05) is 6.07 Å². The molecule has 5 heteroatoms. The second-order valence-corrected chi connectivity index (χ2v) is 6.91. The first-order valence-corrected chi connectivity index (χ1v) is 8.55. The molecule has 1 saturated heterocycles. The average molecular weight is 309 g/mol. The second kappa shape index (κ2) is 6.49. The molecule has 3 rings (SSSR count). The molecule has 2 heterocycles. The van der Waals surface area contributed by atoms with Gasteiger partial charge in [-0.1, -0.05) is 38.3 Å². The van der Waals surface area contributed by atoms with Gasteiger partial charge in [0.1, 0.15) is 16.8 Å². The molecule has 21 heavy (non-hydrogen) atoms. The zero-order valence-electron chi connectivity index (χ0n) is 13.1. The minimum atomic E-state index is 0.308. The predicted molar refractivity (Wildman–Crippen MR) is 87.2 cm³/mol. The number of hydrogen-bond acceptors (Lipinski definition) is 4. The van der Waals surface area contributed by atoms with Crippen LogP contribution >= 0.6 is 11.6 Å². The molecule has 0 amide bonds. The van der Waals surface area contributed by atoms with Crippen molar-refractivity contribution in [2.24, 2.45) is 0 Å². The van der Waals surface area contributed by atoms with Crippen molar-refractivity contribution < 1.29 is 0 Å². The van der Waals surface area contributed by atoms with Crippen LogP contribution in [0.5, 0.6) is 0 Å². The third kappa shape index (κ3) is 3.49. The minimum absolute atomic E-state index is 0.308. The van der Waals surface area contributed by atoms with Crippen molar-refractivity contribution in [3.63, 3.8) is 0 Å². The Balaban J connectivity index is 1.66. The van der Waals surface area contributed by atoms with E-state index in [-0.39, 0.29) is 0 Å². The number of piperazine rings is 1. The third-order valence-corrected chi connectivity index (χ3v) is 4.89. The lowest BCUT2D eigenvalue weighted by Gasteiger charge is -2.38. The van der Waals surface area contributed by atoms with E-state index < -0.39 is 0 Å². The molecule has 0 aromatic carbocycles. The summed E-state index contributed by atoms with van der Waals surface area (Å²) < 4.78 is 0. The first-order chi connectivity index (χ1) is 10.1. The first-order valence-electron chi connectivity index (χ1n) is 8.17. The summed E-state index contributed by atoms with van der Waals surface area (Å²) in [7, 11) is 0. The second-order valence-electron chi connectivity index (χ2n) is 6.52. The van der Waals surface area contributed by atoms with Crippen LogP contribution in [0.3, 0.4) is 0 Å². The molecule has 1 saturated carbocycles. The Kier molecular flexibility index (Phi) is 4.65. The molecule has 2 fully saturated rings. The van der Waals surface area contributed by atoms with E-state index in [4.69, 9.17) is 16.6 Å². The SMILES string of the molecule is CC(C)c1nc(Cl)cc(N2CCN(C3CCCC3)CC2)n1. The molecule has 1 aliphatic carbocycles. The van der Waals surface area contributed by atoms with Gasteiger partial charge >= 0.3 is 0 Å². The van der Waals surface area contributed by atoms with Gasteiger partial charge in [0, 0.05) is 44.2 Å². The van der Waals surface area contributed by atoms with Gasteiger partial charge in [-0.2, -0.15) is 0 Å². The number of nitrogens with zero attached hydrogens (tertiary/aromatic N) is 4. The first kappa shape index (κ1) is 15.0. The maximum atomic E-state index is 6.16. The van der Waals surface area contributed by atoms with Crippen molar-refractivity contribution in [1.29, 1.82) is 0 Å². The summed E-state index contributed by atoms with van der Waals surface area (Å²) in [6.07, 6.45) is 5.59. The highest BCUT2D eigenvalue weighted by Crippen LogP contribution is 2.26. The van der Waals surface area contributed by atoms with Crippen LogP contribution in [0.25, 0.3) is 0 Å². The minimum Gasteiger partial charge on any atom is -0.354 e. The summed E-state index contributed by atoms with van der Waals surface area (Å²) in [6.45, 7) is 8.58. The summed E-state index contributed by atoms with van der Waals surface area (Å²) in [5.41, 5.74) is 0. The van der Waals surface area contributed by atoms with Crippen LogP contribution in [-0.2, 0) is 0 Å². The molecule has 0 atom stereocenters. The van der Waals surface area contributed by atoms with E-state index in [1.165, 1.54) is 25.7 Å². The highest BCUT2D eigenvalue weighted by Gasteiger charge is 2.26. The monoisotopic (exact) mass is 308 g/mol. The maximum Gasteiger partial charge on any atom is 0.135 e. The molecule has 0 unspecified atom stereocenters. The van der Waals surface area contributed by atoms with Crippen LogP contribution < -0.4 is 4.90 Å². The van der Waals surface area contributed by atoms with Gasteiger partial charge in [0.15, 0.2) is 0 Å². The standard InChI is InChI=1S/C16H25ClN4/c1-12(2)16-18-14(17)11-15(19-16)21-9-7-20(8-10-21)13-5-3-4-6-13/h11-13H,3-10H2,1-2H3. The summed E-state index contributed by atoms with van der Waals surface area (Å²) in [5.74, 6) is 2.14. The Morgan fingerprint density at radius 1 is 1.10 bits per heavy atom. The van der Waals surface area contributed by atoms with Crippen LogP contribution in [-0.4, -0.2) is 47.1 Å². The number of rotatable bonds is 3.